The topological polar surface area (TPSA) is 88.1 Å². The summed E-state index contributed by atoms with van der Waals surface area (Å²) in [4.78, 5) is 27.2. The number of piperidine rings is 1. The van der Waals surface area contributed by atoms with Crippen molar-refractivity contribution in [1.29, 1.82) is 0 Å². The first kappa shape index (κ1) is 29.6. The monoisotopic (exact) mass is 574 g/mol. The molecule has 0 atom stereocenters. The maximum absolute atomic E-state index is 13.4. The normalized spacial score (nSPS) is 16.2. The zero-order valence-corrected chi connectivity index (χ0v) is 24.3. The summed E-state index contributed by atoms with van der Waals surface area (Å²) in [6.07, 6.45) is 6.11. The molecule has 0 spiro atoms. The molecule has 7 nitrogen and oxygen atoms in total. The SMILES string of the molecule is CCC(CC)CC1(O)CCN(C(=O)Nc2cc(Oc3ccc(F)cc3)cc(Oc3ccc4c(c3)CCCC4=O)c2)CC1. The number of nitrogens with zero attached hydrogens (tertiary/aromatic N) is 1. The number of anilines is 1. The highest BCUT2D eigenvalue weighted by Gasteiger charge is 2.35. The number of likely N-dealkylation sites (tertiary alicyclic amines) is 1. The molecule has 1 fully saturated rings. The molecule has 1 aliphatic carbocycles. The fourth-order valence-corrected chi connectivity index (χ4v) is 5.87. The van der Waals surface area contributed by atoms with Crippen molar-refractivity contribution in [3.05, 3.63) is 77.6 Å². The summed E-state index contributed by atoms with van der Waals surface area (Å²) in [6, 6.07) is 16.0. The largest absolute Gasteiger partial charge is 0.457 e. The summed E-state index contributed by atoms with van der Waals surface area (Å²) in [5.41, 5.74) is 1.44. The van der Waals surface area contributed by atoms with E-state index in [-0.39, 0.29) is 17.6 Å². The molecular weight excluding hydrogens is 535 g/mol. The minimum Gasteiger partial charge on any atom is -0.457 e. The number of rotatable bonds is 9. The number of ether oxygens (including phenoxy) is 2. The number of fused-ring (bicyclic) bond motifs is 1. The first-order valence-corrected chi connectivity index (χ1v) is 14.9. The van der Waals surface area contributed by atoms with Crippen LogP contribution in [-0.2, 0) is 6.42 Å². The van der Waals surface area contributed by atoms with E-state index in [0.29, 0.717) is 67.0 Å². The van der Waals surface area contributed by atoms with Crippen molar-refractivity contribution in [3.8, 4) is 23.0 Å². The van der Waals surface area contributed by atoms with Crippen molar-refractivity contribution >= 4 is 17.5 Å². The molecule has 0 aromatic heterocycles. The minimum absolute atomic E-state index is 0.147. The molecule has 1 aliphatic heterocycles. The van der Waals surface area contributed by atoms with Gasteiger partial charge in [-0.3, -0.25) is 4.79 Å². The number of hydrogen-bond acceptors (Lipinski definition) is 5. The van der Waals surface area contributed by atoms with Crippen LogP contribution in [0.15, 0.2) is 60.7 Å². The van der Waals surface area contributed by atoms with Gasteiger partial charge in [0.25, 0.3) is 0 Å². The third-order valence-corrected chi connectivity index (χ3v) is 8.45. The molecule has 222 valence electrons. The number of amides is 2. The summed E-state index contributed by atoms with van der Waals surface area (Å²) in [7, 11) is 0. The number of carbonyl (C=O) groups excluding carboxylic acids is 2. The number of urea groups is 1. The molecule has 2 N–H and O–H groups in total. The highest BCUT2D eigenvalue weighted by atomic mass is 19.1. The Bertz CT molecular complexity index is 1410. The lowest BCUT2D eigenvalue weighted by molar-refractivity contribution is -0.0309. The summed E-state index contributed by atoms with van der Waals surface area (Å²) < 4.78 is 25.6. The maximum atomic E-state index is 13.4. The first-order chi connectivity index (χ1) is 20.2. The van der Waals surface area contributed by atoms with Crippen LogP contribution in [0.3, 0.4) is 0 Å². The van der Waals surface area contributed by atoms with Gasteiger partial charge in [0.1, 0.15) is 28.8 Å². The number of nitrogens with one attached hydrogen (secondary N) is 1. The van der Waals surface area contributed by atoms with Crippen LogP contribution in [0.5, 0.6) is 23.0 Å². The van der Waals surface area contributed by atoms with Gasteiger partial charge in [-0.2, -0.15) is 0 Å². The Labute approximate surface area is 246 Å². The minimum atomic E-state index is -0.739. The van der Waals surface area contributed by atoms with E-state index in [0.717, 1.165) is 43.2 Å². The van der Waals surface area contributed by atoms with Crippen LogP contribution in [0.1, 0.15) is 74.7 Å². The van der Waals surface area contributed by atoms with E-state index in [1.54, 1.807) is 35.2 Å². The Hall–Kier alpha value is -3.91. The van der Waals surface area contributed by atoms with E-state index in [4.69, 9.17) is 9.47 Å². The molecule has 0 saturated carbocycles. The van der Waals surface area contributed by atoms with Gasteiger partial charge in [-0.05, 0) is 86.1 Å². The predicted molar refractivity (Wildman–Crippen MR) is 160 cm³/mol. The molecule has 5 rings (SSSR count). The lowest BCUT2D eigenvalue weighted by atomic mass is 9.81. The van der Waals surface area contributed by atoms with E-state index in [1.807, 2.05) is 6.07 Å². The molecule has 8 heteroatoms. The van der Waals surface area contributed by atoms with Gasteiger partial charge in [-0.15, -0.1) is 0 Å². The molecule has 1 saturated heterocycles. The van der Waals surface area contributed by atoms with Crippen LogP contribution < -0.4 is 14.8 Å². The summed E-state index contributed by atoms with van der Waals surface area (Å²) >= 11 is 0. The maximum Gasteiger partial charge on any atom is 0.321 e. The van der Waals surface area contributed by atoms with Crippen molar-refractivity contribution in [1.82, 2.24) is 4.90 Å². The van der Waals surface area contributed by atoms with Gasteiger partial charge in [-0.1, -0.05) is 26.7 Å². The molecule has 3 aromatic carbocycles. The van der Waals surface area contributed by atoms with Gasteiger partial charge < -0.3 is 24.8 Å². The predicted octanol–water partition coefficient (Wildman–Crippen LogP) is 8.11. The number of hydrogen-bond donors (Lipinski definition) is 2. The fraction of sp³-hybridized carbons (Fsp3) is 0.412. The van der Waals surface area contributed by atoms with Gasteiger partial charge in [0.2, 0.25) is 0 Å². The van der Waals surface area contributed by atoms with E-state index >= 15 is 0 Å². The molecule has 1 heterocycles. The Morgan fingerprint density at radius 2 is 1.57 bits per heavy atom. The van der Waals surface area contributed by atoms with Gasteiger partial charge in [0, 0.05) is 49.0 Å². The molecule has 2 amide bonds. The zero-order valence-electron chi connectivity index (χ0n) is 24.3. The van der Waals surface area contributed by atoms with Gasteiger partial charge in [0.05, 0.1) is 5.60 Å². The summed E-state index contributed by atoms with van der Waals surface area (Å²) in [5.74, 6) is 2.11. The van der Waals surface area contributed by atoms with Crippen LogP contribution in [0.4, 0.5) is 14.9 Å². The molecule has 0 radical (unpaired) electrons. The Balaban J connectivity index is 1.32. The standard InChI is InChI=1S/C34H39FN2O5/c1-3-23(4-2)22-34(40)14-16-37(17-15-34)33(39)36-26-19-29(41-27-10-8-25(35)9-11-27)21-30(20-26)42-28-12-13-31-24(18-28)6-5-7-32(31)38/h8-13,18-21,23,40H,3-7,14-17,22H2,1-2H3,(H,36,39). The average molecular weight is 575 g/mol. The van der Waals surface area contributed by atoms with E-state index in [1.165, 1.54) is 24.3 Å². The zero-order chi connectivity index (χ0) is 29.7. The second-order valence-corrected chi connectivity index (χ2v) is 11.5. The Kier molecular flexibility index (Phi) is 9.12. The Morgan fingerprint density at radius 1 is 0.929 bits per heavy atom. The first-order valence-electron chi connectivity index (χ1n) is 14.9. The third-order valence-electron chi connectivity index (χ3n) is 8.45. The fourth-order valence-electron chi connectivity index (χ4n) is 5.87. The van der Waals surface area contributed by atoms with Crippen molar-refractivity contribution in [2.45, 2.75) is 70.8 Å². The van der Waals surface area contributed by atoms with Crippen molar-refractivity contribution < 1.29 is 28.6 Å². The van der Waals surface area contributed by atoms with E-state index in [9.17, 15) is 19.1 Å². The second kappa shape index (κ2) is 12.9. The van der Waals surface area contributed by atoms with E-state index in [2.05, 4.69) is 19.2 Å². The molecule has 42 heavy (non-hydrogen) atoms. The van der Waals surface area contributed by atoms with Crippen LogP contribution >= 0.6 is 0 Å². The molecule has 3 aromatic rings. The summed E-state index contributed by atoms with van der Waals surface area (Å²) in [5, 5.41) is 14.1. The lowest BCUT2D eigenvalue weighted by Crippen LogP contribution is -2.48. The highest BCUT2D eigenvalue weighted by Crippen LogP contribution is 2.35. The number of Topliss-reactive ketones (excluding diaryl/α,β-unsaturated/α-hetero) is 1. The average Bonchev–Trinajstić information content (AvgIpc) is 2.97. The van der Waals surface area contributed by atoms with Crippen LogP contribution in [0, 0.1) is 11.7 Å². The van der Waals surface area contributed by atoms with Gasteiger partial charge >= 0.3 is 6.03 Å². The number of halogens is 1. The quantitative estimate of drug-likeness (QED) is 0.270. The Morgan fingerprint density at radius 3 is 2.24 bits per heavy atom. The number of aliphatic hydroxyl groups is 1. The van der Waals surface area contributed by atoms with Crippen LogP contribution in [0.2, 0.25) is 0 Å². The van der Waals surface area contributed by atoms with Gasteiger partial charge in [0.15, 0.2) is 5.78 Å². The highest BCUT2D eigenvalue weighted by molar-refractivity contribution is 5.98. The lowest BCUT2D eigenvalue weighted by Gasteiger charge is -2.39. The molecule has 2 aliphatic rings. The van der Waals surface area contributed by atoms with Crippen molar-refractivity contribution in [2.24, 2.45) is 5.92 Å². The molecule has 0 unspecified atom stereocenters. The smallest absolute Gasteiger partial charge is 0.321 e. The van der Waals surface area contributed by atoms with Crippen LogP contribution in [0.25, 0.3) is 0 Å². The van der Waals surface area contributed by atoms with E-state index < -0.39 is 5.60 Å². The van der Waals surface area contributed by atoms with Crippen molar-refractivity contribution in [3.63, 3.8) is 0 Å². The number of aryl methyl sites for hydroxylation is 1. The number of ketones is 1. The van der Waals surface area contributed by atoms with Crippen molar-refractivity contribution in [2.75, 3.05) is 18.4 Å². The van der Waals surface area contributed by atoms with Gasteiger partial charge in [-0.25, -0.2) is 9.18 Å². The summed E-state index contributed by atoms with van der Waals surface area (Å²) in [6.45, 7) is 5.23. The molecule has 0 bridgehead atoms. The molecular formula is C34H39FN2O5. The van der Waals surface area contributed by atoms with Crippen LogP contribution in [-0.4, -0.2) is 40.5 Å². The number of carbonyl (C=O) groups is 2. The number of benzene rings is 3. The second-order valence-electron chi connectivity index (χ2n) is 11.5. The third kappa shape index (κ3) is 7.29.